The quantitative estimate of drug-likeness (QED) is 0.625. The van der Waals surface area contributed by atoms with Crippen LogP contribution in [0.3, 0.4) is 0 Å². The van der Waals surface area contributed by atoms with Crippen LogP contribution in [0.2, 0.25) is 0 Å². The normalized spacial score (nSPS) is 10.7. The lowest BCUT2D eigenvalue weighted by Gasteiger charge is -2.21. The average molecular weight is 259 g/mol. The van der Waals surface area contributed by atoms with Gasteiger partial charge in [0, 0.05) is 30.2 Å². The molecular weight excluding hydrogens is 242 g/mol. The van der Waals surface area contributed by atoms with E-state index in [0.717, 1.165) is 24.2 Å². The summed E-state index contributed by atoms with van der Waals surface area (Å²) in [5, 5.41) is 0.803. The van der Waals surface area contributed by atoms with Crippen LogP contribution in [0.5, 0.6) is 0 Å². The molecule has 2 aromatic rings. The lowest BCUT2D eigenvalue weighted by atomic mass is 10.1. The fourth-order valence-corrected chi connectivity index (χ4v) is 2.28. The number of fused-ring (bicyclic) bond motifs is 1. The molecule has 2 rings (SSSR count). The van der Waals surface area contributed by atoms with Gasteiger partial charge in [0.1, 0.15) is 11.1 Å². The summed E-state index contributed by atoms with van der Waals surface area (Å²) < 4.78 is 5.23. The van der Waals surface area contributed by atoms with Crippen LogP contribution in [0.1, 0.15) is 29.8 Å². The molecule has 0 radical (unpaired) electrons. The van der Waals surface area contributed by atoms with E-state index in [-0.39, 0.29) is 5.56 Å². The van der Waals surface area contributed by atoms with Crippen molar-refractivity contribution in [1.82, 2.24) is 0 Å². The minimum absolute atomic E-state index is 0.100. The molecule has 0 bridgehead atoms. The molecule has 0 N–H and O–H groups in total. The second-order valence-electron chi connectivity index (χ2n) is 4.40. The average Bonchev–Trinajstić information content (AvgIpc) is 2.40. The molecule has 19 heavy (non-hydrogen) atoms. The van der Waals surface area contributed by atoms with Crippen LogP contribution < -0.4 is 10.5 Å². The van der Waals surface area contributed by atoms with Crippen molar-refractivity contribution in [1.29, 1.82) is 0 Å². The number of hydrogen-bond donors (Lipinski definition) is 0. The van der Waals surface area contributed by atoms with Crippen LogP contribution in [0.4, 0.5) is 5.69 Å². The molecular formula is C15H17NO3. The van der Waals surface area contributed by atoms with Gasteiger partial charge < -0.3 is 9.32 Å². The number of benzene rings is 1. The SMILES string of the molecule is CCN(CC)c1ccc2c(C)c(C=O)c(=O)oc2c1. The molecule has 0 aliphatic carbocycles. The summed E-state index contributed by atoms with van der Waals surface area (Å²) >= 11 is 0. The van der Waals surface area contributed by atoms with Gasteiger partial charge in [-0.3, -0.25) is 4.79 Å². The Kier molecular flexibility index (Phi) is 3.69. The number of carbonyl (C=O) groups excluding carboxylic acids is 1. The van der Waals surface area contributed by atoms with Gasteiger partial charge in [-0.2, -0.15) is 0 Å². The molecule has 4 nitrogen and oxygen atoms in total. The molecule has 0 atom stereocenters. The number of aldehydes is 1. The zero-order chi connectivity index (χ0) is 14.0. The van der Waals surface area contributed by atoms with Crippen LogP contribution in [0.15, 0.2) is 27.4 Å². The highest BCUT2D eigenvalue weighted by Crippen LogP contribution is 2.24. The monoisotopic (exact) mass is 259 g/mol. The van der Waals surface area contributed by atoms with Crippen molar-refractivity contribution < 1.29 is 9.21 Å². The van der Waals surface area contributed by atoms with Crippen molar-refractivity contribution in [3.8, 4) is 0 Å². The number of rotatable bonds is 4. The zero-order valence-electron chi connectivity index (χ0n) is 11.4. The van der Waals surface area contributed by atoms with Gasteiger partial charge in [0.25, 0.3) is 0 Å². The van der Waals surface area contributed by atoms with Gasteiger partial charge in [-0.05, 0) is 38.5 Å². The van der Waals surface area contributed by atoms with Gasteiger partial charge in [0.05, 0.1) is 0 Å². The fraction of sp³-hybridized carbons (Fsp3) is 0.333. The molecule has 0 aliphatic heterocycles. The number of carbonyl (C=O) groups is 1. The van der Waals surface area contributed by atoms with Gasteiger partial charge in [-0.15, -0.1) is 0 Å². The van der Waals surface area contributed by atoms with Crippen molar-refractivity contribution in [2.24, 2.45) is 0 Å². The molecule has 1 aromatic heterocycles. The predicted molar refractivity (Wildman–Crippen MR) is 76.2 cm³/mol. The maximum Gasteiger partial charge on any atom is 0.347 e. The lowest BCUT2D eigenvalue weighted by molar-refractivity contribution is 0.111. The first kappa shape index (κ1) is 13.3. The minimum Gasteiger partial charge on any atom is -0.422 e. The standard InChI is InChI=1S/C15H17NO3/c1-4-16(5-2)11-6-7-12-10(3)13(9-17)15(18)19-14(12)8-11/h6-9H,4-5H2,1-3H3. The smallest absolute Gasteiger partial charge is 0.347 e. The maximum absolute atomic E-state index is 11.7. The summed E-state index contributed by atoms with van der Waals surface area (Å²) in [7, 11) is 0. The van der Waals surface area contributed by atoms with E-state index in [1.165, 1.54) is 0 Å². The second kappa shape index (κ2) is 5.26. The number of anilines is 1. The molecule has 0 fully saturated rings. The Hall–Kier alpha value is -2.10. The molecule has 0 saturated heterocycles. The van der Waals surface area contributed by atoms with Crippen LogP contribution in [0.25, 0.3) is 11.0 Å². The maximum atomic E-state index is 11.7. The van der Waals surface area contributed by atoms with E-state index in [1.807, 2.05) is 18.2 Å². The summed E-state index contributed by atoms with van der Waals surface area (Å²) in [5.41, 5.74) is 1.74. The molecule has 1 heterocycles. The Morgan fingerprint density at radius 3 is 2.53 bits per heavy atom. The summed E-state index contributed by atoms with van der Waals surface area (Å²) in [5.74, 6) is 0. The summed E-state index contributed by atoms with van der Waals surface area (Å²) in [6, 6.07) is 5.73. The van der Waals surface area contributed by atoms with E-state index < -0.39 is 5.63 Å². The van der Waals surface area contributed by atoms with Gasteiger partial charge >= 0.3 is 5.63 Å². The fourth-order valence-electron chi connectivity index (χ4n) is 2.28. The Morgan fingerprint density at radius 2 is 1.95 bits per heavy atom. The van der Waals surface area contributed by atoms with Crippen molar-refractivity contribution >= 4 is 22.9 Å². The van der Waals surface area contributed by atoms with Crippen molar-refractivity contribution in [2.45, 2.75) is 20.8 Å². The Balaban J connectivity index is 2.68. The highest BCUT2D eigenvalue weighted by atomic mass is 16.4. The Morgan fingerprint density at radius 1 is 1.26 bits per heavy atom. The molecule has 0 spiro atoms. The number of nitrogens with zero attached hydrogens (tertiary/aromatic N) is 1. The molecule has 0 aliphatic rings. The van der Waals surface area contributed by atoms with E-state index in [4.69, 9.17) is 4.42 Å². The number of hydrogen-bond acceptors (Lipinski definition) is 4. The largest absolute Gasteiger partial charge is 0.422 e. The van der Waals surface area contributed by atoms with E-state index in [1.54, 1.807) is 6.92 Å². The molecule has 0 unspecified atom stereocenters. The Bertz CT molecular complexity index is 669. The van der Waals surface area contributed by atoms with Crippen molar-refractivity contribution in [3.63, 3.8) is 0 Å². The third-order valence-electron chi connectivity index (χ3n) is 3.44. The first-order valence-corrected chi connectivity index (χ1v) is 6.40. The molecule has 0 amide bonds. The zero-order valence-corrected chi connectivity index (χ0v) is 11.4. The summed E-state index contributed by atoms with van der Waals surface area (Å²) in [6.45, 7) is 7.69. The highest BCUT2D eigenvalue weighted by Gasteiger charge is 2.12. The van der Waals surface area contributed by atoms with E-state index in [0.29, 0.717) is 17.4 Å². The van der Waals surface area contributed by atoms with Gasteiger partial charge in [-0.25, -0.2) is 4.79 Å². The van der Waals surface area contributed by atoms with Crippen LogP contribution >= 0.6 is 0 Å². The minimum atomic E-state index is -0.573. The van der Waals surface area contributed by atoms with Crippen LogP contribution in [-0.2, 0) is 0 Å². The first-order chi connectivity index (χ1) is 9.12. The lowest BCUT2D eigenvalue weighted by Crippen LogP contribution is -2.21. The summed E-state index contributed by atoms with van der Waals surface area (Å²) in [4.78, 5) is 24.8. The Labute approximate surface area is 111 Å². The molecule has 100 valence electrons. The number of aryl methyl sites for hydroxylation is 1. The van der Waals surface area contributed by atoms with Crippen molar-refractivity contribution in [3.05, 3.63) is 39.7 Å². The van der Waals surface area contributed by atoms with E-state index in [9.17, 15) is 9.59 Å². The molecule has 4 heteroatoms. The predicted octanol–water partition coefficient (Wildman–Crippen LogP) is 2.76. The van der Waals surface area contributed by atoms with E-state index >= 15 is 0 Å². The van der Waals surface area contributed by atoms with Gasteiger partial charge in [-0.1, -0.05) is 0 Å². The topological polar surface area (TPSA) is 50.5 Å². The third kappa shape index (κ3) is 2.26. The van der Waals surface area contributed by atoms with Gasteiger partial charge in [0.15, 0.2) is 6.29 Å². The van der Waals surface area contributed by atoms with Gasteiger partial charge in [0.2, 0.25) is 0 Å². The molecule has 0 saturated carbocycles. The highest BCUT2D eigenvalue weighted by molar-refractivity contribution is 5.90. The summed E-state index contributed by atoms with van der Waals surface area (Å²) in [6.07, 6.45) is 0.554. The first-order valence-electron chi connectivity index (χ1n) is 6.40. The van der Waals surface area contributed by atoms with Crippen LogP contribution in [0, 0.1) is 6.92 Å². The molecule has 1 aromatic carbocycles. The second-order valence-corrected chi connectivity index (χ2v) is 4.40. The van der Waals surface area contributed by atoms with E-state index in [2.05, 4.69) is 18.7 Å². The third-order valence-corrected chi connectivity index (χ3v) is 3.44. The van der Waals surface area contributed by atoms with Crippen LogP contribution in [-0.4, -0.2) is 19.4 Å². The van der Waals surface area contributed by atoms with Crippen molar-refractivity contribution in [2.75, 3.05) is 18.0 Å².